The minimum absolute atomic E-state index is 0.329. The minimum Gasteiger partial charge on any atom is -0.310 e. The molecule has 1 atom stereocenters. The van der Waals surface area contributed by atoms with Crippen molar-refractivity contribution in [3.8, 4) is 0 Å². The second kappa shape index (κ2) is 6.00. The molecule has 1 rings (SSSR count). The smallest absolute Gasteiger partial charge is 0.310 e. The molecule has 0 radical (unpaired) electrons. The molecule has 0 aliphatic heterocycles. The summed E-state index contributed by atoms with van der Waals surface area (Å²) in [5.74, 6) is -0.520. The Kier molecular flexibility index (Phi) is 4.93. The molecule has 0 bridgehead atoms. The lowest BCUT2D eigenvalue weighted by Crippen LogP contribution is -2.27. The van der Waals surface area contributed by atoms with Crippen molar-refractivity contribution in [2.24, 2.45) is 0 Å². The molecule has 0 saturated carbocycles. The Morgan fingerprint density at radius 3 is 2.53 bits per heavy atom. The van der Waals surface area contributed by atoms with E-state index in [2.05, 4.69) is 5.32 Å². The van der Waals surface area contributed by atoms with E-state index in [1.807, 2.05) is 6.92 Å². The topological polar surface area (TPSA) is 12.0 Å². The van der Waals surface area contributed by atoms with Gasteiger partial charge in [0.1, 0.15) is 5.82 Å². The fourth-order valence-corrected chi connectivity index (χ4v) is 1.58. The summed E-state index contributed by atoms with van der Waals surface area (Å²) in [5, 5.41) is 2.78. The van der Waals surface area contributed by atoms with Gasteiger partial charge in [0.05, 0.1) is 6.42 Å². The predicted molar refractivity (Wildman–Crippen MR) is 58.1 cm³/mol. The molecule has 0 aliphatic carbocycles. The van der Waals surface area contributed by atoms with Crippen molar-refractivity contribution in [1.29, 1.82) is 0 Å². The number of halogens is 4. The summed E-state index contributed by atoms with van der Waals surface area (Å²) >= 11 is 0. The first kappa shape index (κ1) is 14.0. The molecule has 1 unspecified atom stereocenters. The summed E-state index contributed by atoms with van der Waals surface area (Å²) in [5.41, 5.74) is 0.329. The largest absolute Gasteiger partial charge is 0.390 e. The molecule has 0 heterocycles. The molecule has 5 heteroatoms. The van der Waals surface area contributed by atoms with Crippen LogP contribution in [0.5, 0.6) is 0 Å². The van der Waals surface area contributed by atoms with Gasteiger partial charge in [-0.3, -0.25) is 0 Å². The molecule has 0 spiro atoms. The van der Waals surface area contributed by atoms with Gasteiger partial charge < -0.3 is 5.32 Å². The SMILES string of the molecule is CCCNC(CC(F)(F)F)c1cccc(F)c1. The van der Waals surface area contributed by atoms with E-state index < -0.39 is 24.5 Å². The van der Waals surface area contributed by atoms with E-state index in [4.69, 9.17) is 0 Å². The summed E-state index contributed by atoms with van der Waals surface area (Å²) in [6.45, 7) is 2.33. The molecule has 0 fully saturated rings. The first-order valence-electron chi connectivity index (χ1n) is 5.48. The highest BCUT2D eigenvalue weighted by atomic mass is 19.4. The van der Waals surface area contributed by atoms with E-state index in [0.29, 0.717) is 12.1 Å². The van der Waals surface area contributed by atoms with Crippen molar-refractivity contribution in [2.75, 3.05) is 6.54 Å². The molecule has 0 aromatic heterocycles. The molecule has 1 N–H and O–H groups in total. The minimum atomic E-state index is -4.27. The van der Waals surface area contributed by atoms with Crippen LogP contribution in [-0.4, -0.2) is 12.7 Å². The molecule has 0 saturated heterocycles. The zero-order valence-corrected chi connectivity index (χ0v) is 9.52. The molecule has 17 heavy (non-hydrogen) atoms. The first-order valence-corrected chi connectivity index (χ1v) is 5.48. The zero-order valence-electron chi connectivity index (χ0n) is 9.52. The van der Waals surface area contributed by atoms with Crippen LogP contribution < -0.4 is 5.32 Å². The molecular weight excluding hydrogens is 234 g/mol. The van der Waals surface area contributed by atoms with Crippen LogP contribution in [0.15, 0.2) is 24.3 Å². The molecule has 1 aromatic carbocycles. The Bertz CT molecular complexity index is 349. The summed E-state index contributed by atoms with van der Waals surface area (Å²) in [7, 11) is 0. The fourth-order valence-electron chi connectivity index (χ4n) is 1.58. The second-order valence-corrected chi connectivity index (χ2v) is 3.88. The molecule has 0 amide bonds. The molecule has 1 aromatic rings. The van der Waals surface area contributed by atoms with Crippen LogP contribution in [0, 0.1) is 5.82 Å². The van der Waals surface area contributed by atoms with Gasteiger partial charge in [0.15, 0.2) is 0 Å². The van der Waals surface area contributed by atoms with Gasteiger partial charge in [-0.05, 0) is 30.7 Å². The highest BCUT2D eigenvalue weighted by molar-refractivity contribution is 5.20. The molecule has 0 aliphatic rings. The molecule has 1 nitrogen and oxygen atoms in total. The van der Waals surface area contributed by atoms with Gasteiger partial charge in [0.25, 0.3) is 0 Å². The fraction of sp³-hybridized carbons (Fsp3) is 0.500. The van der Waals surface area contributed by atoms with Crippen LogP contribution in [0.4, 0.5) is 17.6 Å². The predicted octanol–water partition coefficient (Wildman–Crippen LogP) is 3.82. The van der Waals surface area contributed by atoms with Crippen molar-refractivity contribution >= 4 is 0 Å². The Morgan fingerprint density at radius 2 is 2.00 bits per heavy atom. The van der Waals surface area contributed by atoms with E-state index >= 15 is 0 Å². The Balaban J connectivity index is 2.81. The van der Waals surface area contributed by atoms with Crippen molar-refractivity contribution in [2.45, 2.75) is 32.0 Å². The van der Waals surface area contributed by atoms with Crippen LogP contribution in [0.25, 0.3) is 0 Å². The monoisotopic (exact) mass is 249 g/mol. The summed E-state index contributed by atoms with van der Waals surface area (Å²) in [6, 6.07) is 4.39. The van der Waals surface area contributed by atoms with E-state index in [9.17, 15) is 17.6 Å². The normalized spacial score (nSPS) is 13.7. The summed E-state index contributed by atoms with van der Waals surface area (Å²) < 4.78 is 50.1. The van der Waals surface area contributed by atoms with E-state index in [0.717, 1.165) is 12.5 Å². The zero-order chi connectivity index (χ0) is 12.9. The number of nitrogens with one attached hydrogen (secondary N) is 1. The number of hydrogen-bond donors (Lipinski definition) is 1. The summed E-state index contributed by atoms with van der Waals surface area (Å²) in [6.07, 6.45) is -4.53. The van der Waals surface area contributed by atoms with Gasteiger partial charge in [-0.15, -0.1) is 0 Å². The average molecular weight is 249 g/mol. The molecular formula is C12H15F4N. The number of hydrogen-bond acceptors (Lipinski definition) is 1. The third-order valence-electron chi connectivity index (χ3n) is 2.33. The molecule has 96 valence electrons. The number of alkyl halides is 3. The van der Waals surface area contributed by atoms with Gasteiger partial charge in [0.2, 0.25) is 0 Å². The van der Waals surface area contributed by atoms with Gasteiger partial charge >= 0.3 is 6.18 Å². The Morgan fingerprint density at radius 1 is 1.29 bits per heavy atom. The van der Waals surface area contributed by atoms with Gasteiger partial charge in [0, 0.05) is 6.04 Å². The first-order chi connectivity index (χ1) is 7.92. The number of benzene rings is 1. The van der Waals surface area contributed by atoms with E-state index in [1.165, 1.54) is 18.2 Å². The maximum atomic E-state index is 13.0. The maximum absolute atomic E-state index is 13.0. The lowest BCUT2D eigenvalue weighted by Gasteiger charge is -2.20. The quantitative estimate of drug-likeness (QED) is 0.782. The van der Waals surface area contributed by atoms with Gasteiger partial charge in [-0.1, -0.05) is 19.1 Å². The maximum Gasteiger partial charge on any atom is 0.390 e. The second-order valence-electron chi connectivity index (χ2n) is 3.88. The van der Waals surface area contributed by atoms with Gasteiger partial charge in [-0.2, -0.15) is 13.2 Å². The van der Waals surface area contributed by atoms with Crippen molar-refractivity contribution in [3.63, 3.8) is 0 Å². The highest BCUT2D eigenvalue weighted by Crippen LogP contribution is 2.29. The van der Waals surface area contributed by atoms with Crippen LogP contribution in [0.2, 0.25) is 0 Å². The average Bonchev–Trinajstić information content (AvgIpc) is 2.22. The van der Waals surface area contributed by atoms with Crippen LogP contribution in [0.3, 0.4) is 0 Å². The van der Waals surface area contributed by atoms with Crippen molar-refractivity contribution < 1.29 is 17.6 Å². The number of rotatable bonds is 5. The third kappa shape index (κ3) is 5.17. The lowest BCUT2D eigenvalue weighted by molar-refractivity contribution is -0.140. The van der Waals surface area contributed by atoms with E-state index in [-0.39, 0.29) is 0 Å². The van der Waals surface area contributed by atoms with E-state index in [1.54, 1.807) is 0 Å². The Hall–Kier alpha value is -1.10. The van der Waals surface area contributed by atoms with Crippen LogP contribution in [-0.2, 0) is 0 Å². The van der Waals surface area contributed by atoms with Gasteiger partial charge in [-0.25, -0.2) is 4.39 Å². The van der Waals surface area contributed by atoms with Crippen molar-refractivity contribution in [3.05, 3.63) is 35.6 Å². The Labute approximate surface area is 97.8 Å². The van der Waals surface area contributed by atoms with Crippen LogP contribution in [0.1, 0.15) is 31.4 Å². The standard InChI is InChI=1S/C12H15F4N/c1-2-6-17-11(8-12(14,15)16)9-4-3-5-10(13)7-9/h3-5,7,11,17H,2,6,8H2,1H3. The summed E-state index contributed by atoms with van der Waals surface area (Å²) in [4.78, 5) is 0. The van der Waals surface area contributed by atoms with Crippen molar-refractivity contribution in [1.82, 2.24) is 5.32 Å². The lowest BCUT2D eigenvalue weighted by atomic mass is 10.0. The highest BCUT2D eigenvalue weighted by Gasteiger charge is 2.32. The van der Waals surface area contributed by atoms with Crippen LogP contribution >= 0.6 is 0 Å². The third-order valence-corrected chi connectivity index (χ3v) is 2.33.